The molecule has 0 saturated carbocycles. The average molecular weight is 331 g/mol. The van der Waals surface area contributed by atoms with E-state index in [4.69, 9.17) is 14.4 Å². The minimum atomic E-state index is 0.196. The molecule has 0 unspecified atom stereocenters. The van der Waals surface area contributed by atoms with Gasteiger partial charge in [0.25, 0.3) is 0 Å². The van der Waals surface area contributed by atoms with Crippen LogP contribution in [-0.2, 0) is 17.7 Å². The molecule has 1 saturated heterocycles. The topological polar surface area (TPSA) is 71.6 Å². The third-order valence-electron chi connectivity index (χ3n) is 4.26. The summed E-state index contributed by atoms with van der Waals surface area (Å²) in [7, 11) is 0. The highest BCUT2D eigenvalue weighted by Crippen LogP contribution is 2.16. The van der Waals surface area contributed by atoms with Gasteiger partial charge in [-0.3, -0.25) is 4.90 Å². The van der Waals surface area contributed by atoms with E-state index in [2.05, 4.69) is 27.2 Å². The van der Waals surface area contributed by atoms with Crippen LogP contribution in [0.4, 0.5) is 0 Å². The van der Waals surface area contributed by atoms with Crippen molar-refractivity contribution in [3.05, 3.63) is 47.6 Å². The molecule has 0 amide bonds. The zero-order valence-corrected chi connectivity index (χ0v) is 13.9. The third kappa shape index (κ3) is 5.12. The van der Waals surface area contributed by atoms with Gasteiger partial charge >= 0.3 is 0 Å². The summed E-state index contributed by atoms with van der Waals surface area (Å²) in [4.78, 5) is 6.83. The van der Waals surface area contributed by atoms with Gasteiger partial charge in [0.1, 0.15) is 0 Å². The second-order valence-corrected chi connectivity index (χ2v) is 6.19. The molecule has 0 spiro atoms. The first-order chi connectivity index (χ1) is 11.8. The van der Waals surface area contributed by atoms with Crippen molar-refractivity contribution in [2.24, 2.45) is 0 Å². The lowest BCUT2D eigenvalue weighted by Gasteiger charge is -2.30. The van der Waals surface area contributed by atoms with E-state index < -0.39 is 0 Å². The number of aromatic nitrogens is 2. The van der Waals surface area contributed by atoms with Crippen LogP contribution in [0.2, 0.25) is 0 Å². The van der Waals surface area contributed by atoms with Crippen molar-refractivity contribution in [3.63, 3.8) is 0 Å². The number of aliphatic hydroxyl groups is 1. The normalized spacial score (nSPS) is 16.5. The fourth-order valence-electron chi connectivity index (χ4n) is 2.94. The molecule has 1 aliphatic heterocycles. The highest BCUT2D eigenvalue weighted by Gasteiger charge is 2.21. The van der Waals surface area contributed by atoms with Gasteiger partial charge < -0.3 is 14.4 Å². The molecule has 2 heterocycles. The molecule has 6 heteroatoms. The van der Waals surface area contributed by atoms with Crippen LogP contribution in [0.1, 0.15) is 36.5 Å². The molecular formula is C18H25N3O3. The Labute approximate surface area is 142 Å². The van der Waals surface area contributed by atoms with Crippen molar-refractivity contribution in [3.8, 4) is 0 Å². The first kappa shape index (κ1) is 17.1. The Morgan fingerprint density at radius 2 is 2.00 bits per heavy atom. The van der Waals surface area contributed by atoms with E-state index in [0.717, 1.165) is 31.8 Å². The first-order valence-electron chi connectivity index (χ1n) is 8.63. The summed E-state index contributed by atoms with van der Waals surface area (Å²) >= 11 is 0. The zero-order valence-electron chi connectivity index (χ0n) is 13.9. The molecule has 0 radical (unpaired) electrons. The summed E-state index contributed by atoms with van der Waals surface area (Å²) in [6.07, 6.45) is 3.74. The van der Waals surface area contributed by atoms with Crippen LogP contribution in [0.15, 0.2) is 34.9 Å². The molecule has 2 aromatic rings. The van der Waals surface area contributed by atoms with Gasteiger partial charge in [0.05, 0.1) is 12.6 Å². The Bertz CT molecular complexity index is 595. The van der Waals surface area contributed by atoms with Crippen molar-refractivity contribution in [1.29, 1.82) is 0 Å². The Balaban J connectivity index is 1.43. The molecule has 130 valence electrons. The van der Waals surface area contributed by atoms with Gasteiger partial charge in [-0.1, -0.05) is 35.5 Å². The van der Waals surface area contributed by atoms with Crippen LogP contribution < -0.4 is 0 Å². The second-order valence-electron chi connectivity index (χ2n) is 6.19. The molecular weight excluding hydrogens is 306 g/mol. The molecule has 1 aliphatic rings. The molecule has 6 nitrogen and oxygen atoms in total. The fourth-order valence-corrected chi connectivity index (χ4v) is 2.94. The molecule has 1 N–H and O–H groups in total. The number of ether oxygens (including phenoxy) is 1. The maximum atomic E-state index is 8.79. The van der Waals surface area contributed by atoms with E-state index in [-0.39, 0.29) is 6.61 Å². The molecule has 1 fully saturated rings. The second kappa shape index (κ2) is 8.92. The summed E-state index contributed by atoms with van der Waals surface area (Å²) in [6.45, 7) is 3.49. The predicted octanol–water partition coefficient (Wildman–Crippen LogP) is 2.02. The van der Waals surface area contributed by atoms with E-state index in [0.29, 0.717) is 38.0 Å². The molecule has 1 aromatic heterocycles. The molecule has 3 rings (SSSR count). The Morgan fingerprint density at radius 3 is 2.75 bits per heavy atom. The maximum absolute atomic E-state index is 8.79. The van der Waals surface area contributed by atoms with E-state index in [1.165, 1.54) is 5.56 Å². The minimum absolute atomic E-state index is 0.196. The van der Waals surface area contributed by atoms with Crippen LogP contribution in [0.25, 0.3) is 0 Å². The molecule has 24 heavy (non-hydrogen) atoms. The molecule has 1 aromatic carbocycles. The standard InChI is InChI=1S/C18H25N3O3/c22-11-4-12-23-16-7-9-21(10-8-16)14-18-19-17(20-24-18)13-15-5-2-1-3-6-15/h1-3,5-6,16,22H,4,7-14H2. The summed E-state index contributed by atoms with van der Waals surface area (Å²) < 4.78 is 11.1. The van der Waals surface area contributed by atoms with Gasteiger partial charge in [-0.2, -0.15) is 4.98 Å². The van der Waals surface area contributed by atoms with Crippen LogP contribution in [0.3, 0.4) is 0 Å². The molecule has 0 bridgehead atoms. The van der Waals surface area contributed by atoms with Gasteiger partial charge in [-0.15, -0.1) is 0 Å². The van der Waals surface area contributed by atoms with Gasteiger partial charge in [-0.05, 0) is 24.8 Å². The quantitative estimate of drug-likeness (QED) is 0.746. The van der Waals surface area contributed by atoms with E-state index in [9.17, 15) is 0 Å². The Morgan fingerprint density at radius 1 is 1.21 bits per heavy atom. The number of benzene rings is 1. The smallest absolute Gasteiger partial charge is 0.240 e. The van der Waals surface area contributed by atoms with Gasteiger partial charge in [0.2, 0.25) is 5.89 Å². The van der Waals surface area contributed by atoms with Crippen molar-refractivity contribution in [2.45, 2.75) is 38.3 Å². The highest BCUT2D eigenvalue weighted by molar-refractivity contribution is 5.18. The van der Waals surface area contributed by atoms with Crippen LogP contribution >= 0.6 is 0 Å². The number of nitrogens with zero attached hydrogens (tertiary/aromatic N) is 3. The van der Waals surface area contributed by atoms with E-state index >= 15 is 0 Å². The van der Waals surface area contributed by atoms with Crippen molar-refractivity contribution >= 4 is 0 Å². The number of likely N-dealkylation sites (tertiary alicyclic amines) is 1. The predicted molar refractivity (Wildman–Crippen MR) is 89.5 cm³/mol. The molecule has 0 aliphatic carbocycles. The Kier molecular flexibility index (Phi) is 6.34. The monoisotopic (exact) mass is 331 g/mol. The lowest BCUT2D eigenvalue weighted by atomic mass is 10.1. The number of aliphatic hydroxyl groups excluding tert-OH is 1. The summed E-state index contributed by atoms with van der Waals surface area (Å²) in [5, 5.41) is 12.9. The number of piperidine rings is 1. The summed E-state index contributed by atoms with van der Waals surface area (Å²) in [5.41, 5.74) is 1.19. The summed E-state index contributed by atoms with van der Waals surface area (Å²) in [6, 6.07) is 10.2. The SMILES string of the molecule is OCCCOC1CCN(Cc2nc(Cc3ccccc3)no2)CC1. The summed E-state index contributed by atoms with van der Waals surface area (Å²) in [5.74, 6) is 1.42. The third-order valence-corrected chi connectivity index (χ3v) is 4.26. The van der Waals surface area contributed by atoms with Crippen LogP contribution in [-0.4, -0.2) is 52.6 Å². The minimum Gasteiger partial charge on any atom is -0.396 e. The fraction of sp³-hybridized carbons (Fsp3) is 0.556. The molecule has 0 atom stereocenters. The van der Waals surface area contributed by atoms with E-state index in [1.54, 1.807) is 0 Å². The number of rotatable bonds is 8. The highest BCUT2D eigenvalue weighted by atomic mass is 16.5. The number of hydrogen-bond acceptors (Lipinski definition) is 6. The van der Waals surface area contributed by atoms with Gasteiger partial charge in [0, 0.05) is 32.7 Å². The van der Waals surface area contributed by atoms with Gasteiger partial charge in [0.15, 0.2) is 5.82 Å². The van der Waals surface area contributed by atoms with Crippen molar-refractivity contribution in [2.75, 3.05) is 26.3 Å². The Hall–Kier alpha value is -1.76. The van der Waals surface area contributed by atoms with Crippen molar-refractivity contribution < 1.29 is 14.4 Å². The zero-order chi connectivity index (χ0) is 16.6. The largest absolute Gasteiger partial charge is 0.396 e. The van der Waals surface area contributed by atoms with E-state index in [1.807, 2.05) is 18.2 Å². The average Bonchev–Trinajstić information content (AvgIpc) is 3.04. The van der Waals surface area contributed by atoms with Crippen LogP contribution in [0, 0.1) is 0 Å². The van der Waals surface area contributed by atoms with Gasteiger partial charge in [-0.25, -0.2) is 0 Å². The lowest BCUT2D eigenvalue weighted by molar-refractivity contribution is -0.000876. The number of hydrogen-bond donors (Lipinski definition) is 1. The van der Waals surface area contributed by atoms with Crippen molar-refractivity contribution in [1.82, 2.24) is 15.0 Å². The lowest BCUT2D eigenvalue weighted by Crippen LogP contribution is -2.36. The van der Waals surface area contributed by atoms with Crippen LogP contribution in [0.5, 0.6) is 0 Å². The first-order valence-corrected chi connectivity index (χ1v) is 8.63. The maximum Gasteiger partial charge on any atom is 0.240 e.